The van der Waals surface area contributed by atoms with E-state index < -0.39 is 0 Å². The number of nitrogens with two attached hydrogens (primary N) is 1. The number of hydrogen-bond acceptors (Lipinski definition) is 4. The Hall–Kier alpha value is -1.39. The maximum absolute atomic E-state index is 5.85. The molecule has 2 aromatic rings. The summed E-state index contributed by atoms with van der Waals surface area (Å²) in [5.74, 6) is 0.693. The summed E-state index contributed by atoms with van der Waals surface area (Å²) in [6.45, 7) is 3.86. The molecule has 18 heavy (non-hydrogen) atoms. The zero-order valence-corrected chi connectivity index (χ0v) is 11.7. The van der Waals surface area contributed by atoms with E-state index in [0.29, 0.717) is 5.82 Å². The Balaban J connectivity index is 2.42. The topological polar surface area (TPSA) is 51.8 Å². The van der Waals surface area contributed by atoms with Crippen molar-refractivity contribution in [3.05, 3.63) is 41.9 Å². The Morgan fingerprint density at radius 3 is 2.39 bits per heavy atom. The summed E-state index contributed by atoms with van der Waals surface area (Å²) in [7, 11) is 0. The molecule has 1 unspecified atom stereocenters. The smallest absolute Gasteiger partial charge is 0.145 e. The second-order valence-electron chi connectivity index (χ2n) is 4.27. The van der Waals surface area contributed by atoms with Crippen LogP contribution in [0.2, 0.25) is 0 Å². The first-order valence-electron chi connectivity index (χ1n) is 5.85. The standard InChI is InChI=1S/C14H17N3S/c1-9-8-13(17-14(16-9)10(2)15)11-4-6-12(18-3)7-5-11/h4-8,10H,15H2,1-3H3. The summed E-state index contributed by atoms with van der Waals surface area (Å²) in [5, 5.41) is 0. The van der Waals surface area contributed by atoms with Crippen LogP contribution in [0.25, 0.3) is 11.3 Å². The van der Waals surface area contributed by atoms with Gasteiger partial charge >= 0.3 is 0 Å². The summed E-state index contributed by atoms with van der Waals surface area (Å²) in [6.07, 6.45) is 2.07. The molecule has 3 nitrogen and oxygen atoms in total. The zero-order valence-electron chi connectivity index (χ0n) is 10.8. The molecule has 0 aliphatic rings. The van der Waals surface area contributed by atoms with Crippen LogP contribution in [0.15, 0.2) is 35.2 Å². The van der Waals surface area contributed by atoms with E-state index in [2.05, 4.69) is 40.5 Å². The van der Waals surface area contributed by atoms with Crippen molar-refractivity contribution in [3.63, 3.8) is 0 Å². The van der Waals surface area contributed by atoms with Gasteiger partial charge in [-0.05, 0) is 38.3 Å². The van der Waals surface area contributed by atoms with Crippen LogP contribution in [-0.4, -0.2) is 16.2 Å². The molecule has 0 fully saturated rings. The van der Waals surface area contributed by atoms with Gasteiger partial charge in [0.15, 0.2) is 0 Å². The van der Waals surface area contributed by atoms with Crippen molar-refractivity contribution < 1.29 is 0 Å². The van der Waals surface area contributed by atoms with Gasteiger partial charge in [-0.15, -0.1) is 11.8 Å². The van der Waals surface area contributed by atoms with Crippen molar-refractivity contribution in [2.75, 3.05) is 6.26 Å². The highest BCUT2D eigenvalue weighted by atomic mass is 32.2. The average Bonchev–Trinajstić information content (AvgIpc) is 2.38. The molecule has 0 bridgehead atoms. The van der Waals surface area contributed by atoms with E-state index >= 15 is 0 Å². The van der Waals surface area contributed by atoms with Gasteiger partial charge in [0.2, 0.25) is 0 Å². The van der Waals surface area contributed by atoms with Gasteiger partial charge in [-0.2, -0.15) is 0 Å². The Morgan fingerprint density at radius 1 is 1.17 bits per heavy atom. The van der Waals surface area contributed by atoms with Crippen LogP contribution in [0.5, 0.6) is 0 Å². The molecule has 2 rings (SSSR count). The summed E-state index contributed by atoms with van der Waals surface area (Å²) in [5.41, 5.74) is 8.82. The number of thioether (sulfide) groups is 1. The van der Waals surface area contributed by atoms with Crippen molar-refractivity contribution >= 4 is 11.8 Å². The van der Waals surface area contributed by atoms with E-state index in [9.17, 15) is 0 Å². The third kappa shape index (κ3) is 2.89. The number of aromatic nitrogens is 2. The van der Waals surface area contributed by atoms with Gasteiger partial charge in [-0.1, -0.05) is 12.1 Å². The molecule has 1 aromatic carbocycles. The van der Waals surface area contributed by atoms with E-state index in [1.54, 1.807) is 11.8 Å². The fourth-order valence-corrected chi connectivity index (χ4v) is 2.11. The molecule has 94 valence electrons. The number of rotatable bonds is 3. The van der Waals surface area contributed by atoms with Crippen LogP contribution in [0.3, 0.4) is 0 Å². The zero-order chi connectivity index (χ0) is 13.1. The fraction of sp³-hybridized carbons (Fsp3) is 0.286. The number of nitrogens with zero attached hydrogens (tertiary/aromatic N) is 2. The molecule has 2 N–H and O–H groups in total. The van der Waals surface area contributed by atoms with E-state index in [-0.39, 0.29) is 6.04 Å². The van der Waals surface area contributed by atoms with Crippen LogP contribution >= 0.6 is 11.8 Å². The van der Waals surface area contributed by atoms with Crippen LogP contribution in [0, 0.1) is 6.92 Å². The third-order valence-electron chi connectivity index (χ3n) is 2.66. The minimum absolute atomic E-state index is 0.144. The van der Waals surface area contributed by atoms with Crippen molar-refractivity contribution in [3.8, 4) is 11.3 Å². The van der Waals surface area contributed by atoms with Crippen molar-refractivity contribution in [1.82, 2.24) is 9.97 Å². The Morgan fingerprint density at radius 2 is 1.83 bits per heavy atom. The van der Waals surface area contributed by atoms with Crippen molar-refractivity contribution in [2.24, 2.45) is 5.73 Å². The van der Waals surface area contributed by atoms with Gasteiger partial charge in [-0.25, -0.2) is 9.97 Å². The minimum Gasteiger partial charge on any atom is -0.322 e. The lowest BCUT2D eigenvalue weighted by Gasteiger charge is -2.08. The second kappa shape index (κ2) is 5.50. The fourth-order valence-electron chi connectivity index (χ4n) is 1.70. The molecule has 0 spiro atoms. The Labute approximate surface area is 112 Å². The van der Waals surface area contributed by atoms with E-state index in [1.165, 1.54) is 4.90 Å². The molecule has 1 atom stereocenters. The number of hydrogen-bond donors (Lipinski definition) is 1. The maximum Gasteiger partial charge on any atom is 0.145 e. The van der Waals surface area contributed by atoms with E-state index in [1.807, 2.05) is 19.9 Å². The van der Waals surface area contributed by atoms with Gasteiger partial charge in [0.25, 0.3) is 0 Å². The molecule has 0 radical (unpaired) electrons. The molecule has 4 heteroatoms. The molecular weight excluding hydrogens is 242 g/mol. The van der Waals surface area contributed by atoms with Gasteiger partial charge < -0.3 is 5.73 Å². The number of benzene rings is 1. The lowest BCUT2D eigenvalue weighted by molar-refractivity contribution is 0.735. The van der Waals surface area contributed by atoms with Gasteiger partial charge in [0, 0.05) is 16.2 Å². The first-order valence-corrected chi connectivity index (χ1v) is 7.08. The van der Waals surface area contributed by atoms with Gasteiger partial charge in [0.1, 0.15) is 5.82 Å². The average molecular weight is 259 g/mol. The number of aryl methyl sites for hydroxylation is 1. The van der Waals surface area contributed by atoms with E-state index in [0.717, 1.165) is 17.0 Å². The van der Waals surface area contributed by atoms with Gasteiger partial charge in [0.05, 0.1) is 11.7 Å². The molecule has 0 aliphatic heterocycles. The Kier molecular flexibility index (Phi) is 3.99. The van der Waals surface area contributed by atoms with Gasteiger partial charge in [-0.3, -0.25) is 0 Å². The highest BCUT2D eigenvalue weighted by Gasteiger charge is 2.07. The van der Waals surface area contributed by atoms with E-state index in [4.69, 9.17) is 5.73 Å². The minimum atomic E-state index is -0.144. The van der Waals surface area contributed by atoms with Crippen LogP contribution in [0.4, 0.5) is 0 Å². The normalized spacial score (nSPS) is 12.4. The third-order valence-corrected chi connectivity index (χ3v) is 3.41. The summed E-state index contributed by atoms with van der Waals surface area (Å²) >= 11 is 1.73. The van der Waals surface area contributed by atoms with Crippen LogP contribution < -0.4 is 5.73 Å². The van der Waals surface area contributed by atoms with Crippen LogP contribution in [-0.2, 0) is 0 Å². The lowest BCUT2D eigenvalue weighted by Crippen LogP contribution is -2.11. The highest BCUT2D eigenvalue weighted by molar-refractivity contribution is 7.98. The SMILES string of the molecule is CSc1ccc(-c2cc(C)nc(C(C)N)n2)cc1. The van der Waals surface area contributed by atoms with Crippen molar-refractivity contribution in [2.45, 2.75) is 24.8 Å². The molecule has 0 saturated carbocycles. The molecular formula is C14H17N3S. The molecule has 0 amide bonds. The monoisotopic (exact) mass is 259 g/mol. The maximum atomic E-state index is 5.85. The predicted molar refractivity (Wildman–Crippen MR) is 76.6 cm³/mol. The largest absolute Gasteiger partial charge is 0.322 e. The molecule has 1 heterocycles. The van der Waals surface area contributed by atoms with Crippen molar-refractivity contribution in [1.29, 1.82) is 0 Å². The first-order chi connectivity index (χ1) is 8.60. The summed E-state index contributed by atoms with van der Waals surface area (Å²) in [4.78, 5) is 10.1. The lowest BCUT2D eigenvalue weighted by atomic mass is 10.1. The summed E-state index contributed by atoms with van der Waals surface area (Å²) < 4.78 is 0. The van der Waals surface area contributed by atoms with Crippen LogP contribution in [0.1, 0.15) is 24.5 Å². The summed E-state index contributed by atoms with van der Waals surface area (Å²) in [6, 6.07) is 10.2. The second-order valence-corrected chi connectivity index (χ2v) is 5.15. The molecule has 0 saturated heterocycles. The Bertz CT molecular complexity index is 535. The predicted octanol–water partition coefficient (Wildman–Crippen LogP) is 3.19. The molecule has 0 aliphatic carbocycles. The molecule has 1 aromatic heterocycles. The highest BCUT2D eigenvalue weighted by Crippen LogP contribution is 2.22. The first kappa shape index (κ1) is 13.1. The quantitative estimate of drug-likeness (QED) is 0.860.